The summed E-state index contributed by atoms with van der Waals surface area (Å²) in [7, 11) is 0. The zero-order chi connectivity index (χ0) is 9.61. The molecule has 0 aromatic heterocycles. The molecule has 74 valence electrons. The van der Waals surface area contributed by atoms with E-state index in [9.17, 15) is 0 Å². The van der Waals surface area contributed by atoms with E-state index >= 15 is 0 Å². The summed E-state index contributed by atoms with van der Waals surface area (Å²) >= 11 is 0. The largest absolute Gasteiger partial charge is 0.329 e. The lowest BCUT2D eigenvalue weighted by molar-refractivity contribution is 0.124. The molecule has 0 unspecified atom stereocenters. The Bertz CT molecular complexity index is 106. The Hall–Kier alpha value is -0.120. The summed E-state index contributed by atoms with van der Waals surface area (Å²) in [6.45, 7) is 9.97. The van der Waals surface area contributed by atoms with Gasteiger partial charge in [-0.15, -0.1) is 0 Å². The molecule has 0 rings (SSSR count). The summed E-state index contributed by atoms with van der Waals surface area (Å²) in [4.78, 5) is 2.35. The van der Waals surface area contributed by atoms with E-state index in [0.717, 1.165) is 19.5 Å². The Morgan fingerprint density at radius 2 is 1.50 bits per heavy atom. The van der Waals surface area contributed by atoms with Gasteiger partial charge < -0.3 is 11.5 Å². The van der Waals surface area contributed by atoms with Gasteiger partial charge in [-0.05, 0) is 20.3 Å². The normalized spacial score (nSPS) is 12.5. The van der Waals surface area contributed by atoms with Crippen LogP contribution in [0.1, 0.15) is 27.2 Å². The highest BCUT2D eigenvalue weighted by Crippen LogP contribution is 2.16. The molecule has 0 aliphatic carbocycles. The van der Waals surface area contributed by atoms with Crippen LogP contribution in [0.4, 0.5) is 0 Å². The summed E-state index contributed by atoms with van der Waals surface area (Å²) < 4.78 is 0. The summed E-state index contributed by atoms with van der Waals surface area (Å²) in [5.41, 5.74) is 11.3. The maximum absolute atomic E-state index is 5.53. The standard InChI is InChI=1S/C9H23N3/c1-4-9(2,3)12(7-5-10)8-6-11/h4-8,10-11H2,1-3H3. The lowest BCUT2D eigenvalue weighted by Gasteiger charge is -2.37. The van der Waals surface area contributed by atoms with Gasteiger partial charge in [0.2, 0.25) is 0 Å². The zero-order valence-corrected chi connectivity index (χ0v) is 8.64. The van der Waals surface area contributed by atoms with Crippen LogP contribution in [0.5, 0.6) is 0 Å². The highest BCUT2D eigenvalue weighted by molar-refractivity contribution is 4.80. The maximum Gasteiger partial charge on any atom is 0.0151 e. The van der Waals surface area contributed by atoms with Crippen LogP contribution < -0.4 is 11.5 Å². The number of rotatable bonds is 6. The highest BCUT2D eigenvalue weighted by Gasteiger charge is 2.22. The van der Waals surface area contributed by atoms with Crippen LogP contribution in [-0.2, 0) is 0 Å². The first kappa shape index (κ1) is 11.9. The molecule has 0 bridgehead atoms. The van der Waals surface area contributed by atoms with Crippen molar-refractivity contribution in [1.29, 1.82) is 0 Å². The molecule has 0 aliphatic rings. The lowest BCUT2D eigenvalue weighted by atomic mass is 9.99. The van der Waals surface area contributed by atoms with Crippen molar-refractivity contribution in [2.75, 3.05) is 26.2 Å². The van der Waals surface area contributed by atoms with Gasteiger partial charge in [-0.1, -0.05) is 6.92 Å². The highest BCUT2D eigenvalue weighted by atomic mass is 15.2. The van der Waals surface area contributed by atoms with Crippen molar-refractivity contribution in [1.82, 2.24) is 4.90 Å². The van der Waals surface area contributed by atoms with Gasteiger partial charge in [-0.3, -0.25) is 4.90 Å². The molecule has 3 heteroatoms. The first-order valence-electron chi connectivity index (χ1n) is 4.73. The molecular formula is C9H23N3. The average molecular weight is 173 g/mol. The van der Waals surface area contributed by atoms with Crippen LogP contribution in [-0.4, -0.2) is 36.6 Å². The van der Waals surface area contributed by atoms with Crippen LogP contribution in [0.2, 0.25) is 0 Å². The average Bonchev–Trinajstić information content (AvgIpc) is 2.04. The molecule has 0 heterocycles. The quantitative estimate of drug-likeness (QED) is 0.611. The van der Waals surface area contributed by atoms with Gasteiger partial charge >= 0.3 is 0 Å². The smallest absolute Gasteiger partial charge is 0.0151 e. The van der Waals surface area contributed by atoms with Crippen molar-refractivity contribution in [3.05, 3.63) is 0 Å². The second-order valence-corrected chi connectivity index (χ2v) is 3.73. The van der Waals surface area contributed by atoms with Gasteiger partial charge in [-0.25, -0.2) is 0 Å². The van der Waals surface area contributed by atoms with Gasteiger partial charge in [0, 0.05) is 31.7 Å². The molecule has 0 fully saturated rings. The molecule has 0 atom stereocenters. The van der Waals surface area contributed by atoms with E-state index in [1.165, 1.54) is 0 Å². The van der Waals surface area contributed by atoms with Crippen molar-refractivity contribution in [3.8, 4) is 0 Å². The van der Waals surface area contributed by atoms with Crippen LogP contribution in [0.15, 0.2) is 0 Å². The Morgan fingerprint density at radius 1 is 1.08 bits per heavy atom. The van der Waals surface area contributed by atoms with Crippen LogP contribution >= 0.6 is 0 Å². The van der Waals surface area contributed by atoms with E-state index in [1.807, 2.05) is 0 Å². The lowest BCUT2D eigenvalue weighted by Crippen LogP contribution is -2.48. The SMILES string of the molecule is CCC(C)(C)N(CCN)CCN. The molecule has 0 saturated heterocycles. The predicted molar refractivity (Wildman–Crippen MR) is 54.1 cm³/mol. The molecule has 12 heavy (non-hydrogen) atoms. The molecule has 3 nitrogen and oxygen atoms in total. The van der Waals surface area contributed by atoms with E-state index in [2.05, 4.69) is 25.7 Å². The van der Waals surface area contributed by atoms with Gasteiger partial charge in [0.25, 0.3) is 0 Å². The van der Waals surface area contributed by atoms with E-state index < -0.39 is 0 Å². The second-order valence-electron chi connectivity index (χ2n) is 3.73. The number of hydrogen-bond donors (Lipinski definition) is 2. The van der Waals surface area contributed by atoms with Crippen LogP contribution in [0.3, 0.4) is 0 Å². The summed E-state index contributed by atoms with van der Waals surface area (Å²) in [6, 6.07) is 0. The Morgan fingerprint density at radius 3 is 1.75 bits per heavy atom. The fraction of sp³-hybridized carbons (Fsp3) is 1.00. The summed E-state index contributed by atoms with van der Waals surface area (Å²) in [5, 5.41) is 0. The number of hydrogen-bond acceptors (Lipinski definition) is 3. The summed E-state index contributed by atoms with van der Waals surface area (Å²) in [6.07, 6.45) is 1.13. The molecule has 4 N–H and O–H groups in total. The number of nitrogens with zero attached hydrogens (tertiary/aromatic N) is 1. The van der Waals surface area contributed by atoms with Crippen molar-refractivity contribution in [2.45, 2.75) is 32.7 Å². The monoisotopic (exact) mass is 173 g/mol. The minimum atomic E-state index is 0.235. The van der Waals surface area contributed by atoms with Gasteiger partial charge in [0.15, 0.2) is 0 Å². The Kier molecular flexibility index (Phi) is 5.46. The maximum atomic E-state index is 5.53. The Balaban J connectivity index is 4.07. The fourth-order valence-electron chi connectivity index (χ4n) is 1.25. The minimum absolute atomic E-state index is 0.235. The van der Waals surface area contributed by atoms with Crippen molar-refractivity contribution >= 4 is 0 Å². The van der Waals surface area contributed by atoms with Gasteiger partial charge in [0.05, 0.1) is 0 Å². The van der Waals surface area contributed by atoms with E-state index in [-0.39, 0.29) is 5.54 Å². The van der Waals surface area contributed by atoms with E-state index in [1.54, 1.807) is 0 Å². The third kappa shape index (κ3) is 3.52. The second kappa shape index (κ2) is 5.51. The van der Waals surface area contributed by atoms with Crippen molar-refractivity contribution < 1.29 is 0 Å². The first-order valence-corrected chi connectivity index (χ1v) is 4.73. The summed E-state index contributed by atoms with van der Waals surface area (Å²) in [5.74, 6) is 0. The third-order valence-corrected chi connectivity index (χ3v) is 2.52. The topological polar surface area (TPSA) is 55.3 Å². The molecule has 0 saturated carbocycles. The van der Waals surface area contributed by atoms with Gasteiger partial charge in [0.1, 0.15) is 0 Å². The van der Waals surface area contributed by atoms with Gasteiger partial charge in [-0.2, -0.15) is 0 Å². The fourth-order valence-corrected chi connectivity index (χ4v) is 1.25. The molecular weight excluding hydrogens is 150 g/mol. The Labute approximate surface area is 76.1 Å². The zero-order valence-electron chi connectivity index (χ0n) is 8.64. The molecule has 0 aromatic carbocycles. The molecule has 0 aliphatic heterocycles. The minimum Gasteiger partial charge on any atom is -0.329 e. The van der Waals surface area contributed by atoms with Crippen molar-refractivity contribution in [3.63, 3.8) is 0 Å². The molecule has 0 amide bonds. The van der Waals surface area contributed by atoms with E-state index in [0.29, 0.717) is 13.1 Å². The third-order valence-electron chi connectivity index (χ3n) is 2.52. The number of nitrogens with two attached hydrogens (primary N) is 2. The molecule has 0 spiro atoms. The van der Waals surface area contributed by atoms with Crippen LogP contribution in [0, 0.1) is 0 Å². The molecule has 0 aromatic rings. The first-order chi connectivity index (χ1) is 5.58. The molecule has 0 radical (unpaired) electrons. The van der Waals surface area contributed by atoms with Crippen LogP contribution in [0.25, 0.3) is 0 Å². The van der Waals surface area contributed by atoms with E-state index in [4.69, 9.17) is 11.5 Å². The predicted octanol–water partition coefficient (Wildman–Crippen LogP) is 0.394. The van der Waals surface area contributed by atoms with Crippen molar-refractivity contribution in [2.24, 2.45) is 11.5 Å².